The van der Waals surface area contributed by atoms with Crippen LogP contribution in [0.3, 0.4) is 0 Å². The summed E-state index contributed by atoms with van der Waals surface area (Å²) in [5.74, 6) is -1.40. The molecule has 0 saturated heterocycles. The molecule has 0 aromatic heterocycles. The Morgan fingerprint density at radius 1 is 1.30 bits per heavy atom. The molecule has 3 rings (SSSR count). The molecule has 2 unspecified atom stereocenters. The fraction of sp³-hybridized carbons (Fsp3) is 0.529. The van der Waals surface area contributed by atoms with Crippen molar-refractivity contribution in [2.45, 2.75) is 38.2 Å². The molecule has 1 aromatic rings. The van der Waals surface area contributed by atoms with Crippen molar-refractivity contribution >= 4 is 11.9 Å². The van der Waals surface area contributed by atoms with Gasteiger partial charge in [0.15, 0.2) is 0 Å². The van der Waals surface area contributed by atoms with Gasteiger partial charge < -0.3 is 15.2 Å². The van der Waals surface area contributed by atoms with Crippen molar-refractivity contribution in [3.05, 3.63) is 30.1 Å². The van der Waals surface area contributed by atoms with E-state index >= 15 is 0 Å². The summed E-state index contributed by atoms with van der Waals surface area (Å²) in [5, 5.41) is 11.9. The van der Waals surface area contributed by atoms with Gasteiger partial charge in [-0.25, -0.2) is 9.18 Å². The number of rotatable bonds is 6. The zero-order valence-corrected chi connectivity index (χ0v) is 12.8. The highest BCUT2D eigenvalue weighted by atomic mass is 19.1. The number of carbonyl (C=O) groups is 2. The van der Waals surface area contributed by atoms with E-state index in [-0.39, 0.29) is 29.5 Å². The number of aliphatic carboxylic acids is 1. The number of carbonyl (C=O) groups excluding carboxylic acids is 1. The minimum atomic E-state index is -1.19. The summed E-state index contributed by atoms with van der Waals surface area (Å²) in [6.45, 7) is -0.0991. The van der Waals surface area contributed by atoms with Crippen LogP contribution in [-0.4, -0.2) is 29.6 Å². The molecule has 2 saturated carbocycles. The number of hydrogen-bond donors (Lipinski definition) is 2. The summed E-state index contributed by atoms with van der Waals surface area (Å²) >= 11 is 0. The fourth-order valence-corrected chi connectivity index (χ4v) is 3.52. The molecule has 0 radical (unpaired) electrons. The van der Waals surface area contributed by atoms with E-state index in [1.807, 2.05) is 0 Å². The van der Waals surface area contributed by atoms with Gasteiger partial charge in [0.2, 0.25) is 12.0 Å². The van der Waals surface area contributed by atoms with Crippen molar-refractivity contribution < 1.29 is 23.8 Å². The predicted molar refractivity (Wildman–Crippen MR) is 80.5 cm³/mol. The lowest BCUT2D eigenvalue weighted by Gasteiger charge is -2.16. The number of halogens is 1. The molecule has 2 fully saturated rings. The Labute approximate surface area is 133 Å². The Morgan fingerprint density at radius 3 is 2.57 bits per heavy atom. The predicted octanol–water partition coefficient (Wildman–Crippen LogP) is 2.35. The Hall–Kier alpha value is -2.11. The molecule has 1 amide bonds. The van der Waals surface area contributed by atoms with Gasteiger partial charge >= 0.3 is 5.97 Å². The third kappa shape index (κ3) is 3.46. The Morgan fingerprint density at radius 2 is 1.96 bits per heavy atom. The SMILES string of the molecule is O=C(O)C(CNC(=O)C1CC12CCCC2)Oc1ccc(F)cc1. The lowest BCUT2D eigenvalue weighted by molar-refractivity contribution is -0.145. The molecular weight excluding hydrogens is 301 g/mol. The first-order valence-electron chi connectivity index (χ1n) is 7.93. The molecule has 1 spiro atoms. The first-order valence-corrected chi connectivity index (χ1v) is 7.93. The van der Waals surface area contributed by atoms with Crippen LogP contribution in [-0.2, 0) is 9.59 Å². The van der Waals surface area contributed by atoms with E-state index in [2.05, 4.69) is 5.32 Å². The smallest absolute Gasteiger partial charge is 0.346 e. The van der Waals surface area contributed by atoms with Crippen molar-refractivity contribution in [1.29, 1.82) is 0 Å². The molecule has 6 heteroatoms. The number of ether oxygens (including phenoxy) is 1. The third-order valence-corrected chi connectivity index (χ3v) is 4.93. The van der Waals surface area contributed by atoms with Crippen LogP contribution in [0.25, 0.3) is 0 Å². The highest BCUT2D eigenvalue weighted by Crippen LogP contribution is 2.62. The molecule has 1 aromatic carbocycles. The van der Waals surface area contributed by atoms with Gasteiger partial charge in [-0.15, -0.1) is 0 Å². The van der Waals surface area contributed by atoms with Crippen LogP contribution in [0.1, 0.15) is 32.1 Å². The van der Waals surface area contributed by atoms with Gasteiger partial charge in [-0.1, -0.05) is 12.8 Å². The number of nitrogens with one attached hydrogen (secondary N) is 1. The van der Waals surface area contributed by atoms with Crippen molar-refractivity contribution in [3.63, 3.8) is 0 Å². The van der Waals surface area contributed by atoms with Crippen LogP contribution in [0.15, 0.2) is 24.3 Å². The van der Waals surface area contributed by atoms with E-state index in [1.165, 1.54) is 37.1 Å². The number of carboxylic acid groups (broad SMARTS) is 1. The largest absolute Gasteiger partial charge is 0.478 e. The average Bonchev–Trinajstić information content (AvgIpc) is 3.02. The lowest BCUT2D eigenvalue weighted by atomic mass is 10.0. The molecule has 23 heavy (non-hydrogen) atoms. The molecule has 2 aliphatic carbocycles. The number of carboxylic acids is 1. The molecule has 2 aliphatic rings. The van der Waals surface area contributed by atoms with Crippen molar-refractivity contribution in [2.75, 3.05) is 6.54 Å². The van der Waals surface area contributed by atoms with Gasteiger partial charge in [-0.3, -0.25) is 4.79 Å². The monoisotopic (exact) mass is 321 g/mol. The first kappa shape index (κ1) is 15.8. The van der Waals surface area contributed by atoms with Gasteiger partial charge in [-0.2, -0.15) is 0 Å². The summed E-state index contributed by atoms with van der Waals surface area (Å²) in [6, 6.07) is 5.12. The average molecular weight is 321 g/mol. The normalized spacial score (nSPS) is 22.6. The van der Waals surface area contributed by atoms with Crippen molar-refractivity contribution in [2.24, 2.45) is 11.3 Å². The summed E-state index contributed by atoms with van der Waals surface area (Å²) in [7, 11) is 0. The van der Waals surface area contributed by atoms with E-state index in [0.29, 0.717) is 0 Å². The Kier molecular flexibility index (Phi) is 4.24. The molecule has 0 aliphatic heterocycles. The van der Waals surface area contributed by atoms with Crippen LogP contribution in [0.5, 0.6) is 5.75 Å². The summed E-state index contributed by atoms with van der Waals surface area (Å²) in [4.78, 5) is 23.4. The molecule has 2 N–H and O–H groups in total. The highest BCUT2D eigenvalue weighted by Gasteiger charge is 2.58. The highest BCUT2D eigenvalue weighted by molar-refractivity contribution is 5.83. The van der Waals surface area contributed by atoms with Crippen molar-refractivity contribution in [3.8, 4) is 5.75 Å². The van der Waals surface area contributed by atoms with Crippen LogP contribution >= 0.6 is 0 Å². The molecule has 0 bridgehead atoms. The quantitative estimate of drug-likeness (QED) is 0.843. The first-order chi connectivity index (χ1) is 11.0. The second-order valence-electron chi connectivity index (χ2n) is 6.47. The van der Waals surface area contributed by atoms with E-state index in [1.54, 1.807) is 0 Å². The lowest BCUT2D eigenvalue weighted by Crippen LogP contribution is -2.41. The second kappa shape index (κ2) is 6.18. The van der Waals surface area contributed by atoms with Crippen LogP contribution in [0, 0.1) is 17.2 Å². The number of hydrogen-bond acceptors (Lipinski definition) is 3. The van der Waals surface area contributed by atoms with Gasteiger partial charge in [0.25, 0.3) is 0 Å². The standard InChI is InChI=1S/C17H20FNO4/c18-11-3-5-12(6-4-11)23-14(16(21)22)10-19-15(20)13-9-17(13)7-1-2-8-17/h3-6,13-14H,1-2,7-10H2,(H,19,20)(H,21,22). The maximum absolute atomic E-state index is 12.8. The van der Waals surface area contributed by atoms with Crippen molar-refractivity contribution in [1.82, 2.24) is 5.32 Å². The maximum atomic E-state index is 12.8. The Bertz CT molecular complexity index is 595. The molecule has 5 nitrogen and oxygen atoms in total. The van der Waals surface area contributed by atoms with Crippen LogP contribution in [0.2, 0.25) is 0 Å². The Balaban J connectivity index is 1.52. The van der Waals surface area contributed by atoms with Gasteiger partial charge in [0.1, 0.15) is 11.6 Å². The maximum Gasteiger partial charge on any atom is 0.346 e. The summed E-state index contributed by atoms with van der Waals surface area (Å²) < 4.78 is 18.2. The van der Waals surface area contributed by atoms with E-state index < -0.39 is 17.9 Å². The van der Waals surface area contributed by atoms with Gasteiger partial charge in [-0.05, 0) is 48.9 Å². The fourth-order valence-electron chi connectivity index (χ4n) is 3.52. The topological polar surface area (TPSA) is 75.6 Å². The molecule has 124 valence electrons. The molecule has 2 atom stereocenters. The summed E-state index contributed by atoms with van der Waals surface area (Å²) in [5.41, 5.74) is 0.181. The number of benzene rings is 1. The number of amides is 1. The van der Waals surface area contributed by atoms with E-state index in [9.17, 15) is 19.1 Å². The minimum absolute atomic E-state index is 0.0188. The summed E-state index contributed by atoms with van der Waals surface area (Å²) in [6.07, 6.45) is 4.27. The van der Waals surface area contributed by atoms with Gasteiger partial charge in [0.05, 0.1) is 6.54 Å². The van der Waals surface area contributed by atoms with Crippen LogP contribution in [0.4, 0.5) is 4.39 Å². The van der Waals surface area contributed by atoms with E-state index in [4.69, 9.17) is 4.74 Å². The zero-order valence-electron chi connectivity index (χ0n) is 12.8. The molecule has 0 heterocycles. The van der Waals surface area contributed by atoms with Gasteiger partial charge in [0, 0.05) is 5.92 Å². The zero-order chi connectivity index (χ0) is 16.4. The van der Waals surface area contributed by atoms with E-state index in [0.717, 1.165) is 19.3 Å². The molecular formula is C17H20FNO4. The minimum Gasteiger partial charge on any atom is -0.478 e. The van der Waals surface area contributed by atoms with Crippen LogP contribution < -0.4 is 10.1 Å². The second-order valence-corrected chi connectivity index (χ2v) is 6.47. The third-order valence-electron chi connectivity index (χ3n) is 4.93.